The fourth-order valence-electron chi connectivity index (χ4n) is 1.96. The molecule has 0 aliphatic carbocycles. The van der Waals surface area contributed by atoms with E-state index in [4.69, 9.17) is 14.3 Å². The number of ether oxygens (including phenoxy) is 1. The van der Waals surface area contributed by atoms with E-state index in [0.29, 0.717) is 25.3 Å². The van der Waals surface area contributed by atoms with Crippen molar-refractivity contribution in [1.29, 1.82) is 0 Å². The van der Waals surface area contributed by atoms with Crippen LogP contribution in [0.2, 0.25) is 0 Å². The van der Waals surface area contributed by atoms with Gasteiger partial charge < -0.3 is 19.6 Å². The molecule has 0 fully saturated rings. The molecule has 0 atom stereocenters. The van der Waals surface area contributed by atoms with Gasteiger partial charge in [0.05, 0.1) is 25.3 Å². The van der Waals surface area contributed by atoms with Crippen molar-refractivity contribution >= 4 is 5.97 Å². The average molecular weight is 290 g/mol. The van der Waals surface area contributed by atoms with Crippen LogP contribution >= 0.6 is 0 Å². The molecular formula is C16H20NO4+. The Labute approximate surface area is 123 Å². The van der Waals surface area contributed by atoms with Crippen molar-refractivity contribution in [3.63, 3.8) is 0 Å². The second kappa shape index (κ2) is 7.61. The zero-order chi connectivity index (χ0) is 15.1. The molecule has 2 aromatic rings. The Kier molecular flexibility index (Phi) is 5.54. The van der Waals surface area contributed by atoms with Crippen molar-refractivity contribution in [2.75, 3.05) is 19.8 Å². The van der Waals surface area contributed by atoms with Crippen LogP contribution in [0.5, 0.6) is 0 Å². The summed E-state index contributed by atoms with van der Waals surface area (Å²) in [4.78, 5) is 11.6. The standard InChI is InChI=1S/C16H19NO4/c1-2-20-16(19)13-5-3-12(4-6-13)15-8-7-14(21-15)11-17-9-10-18/h3-8,17-18H,2,9-11H2,1H3/p+1. The first-order valence-electron chi connectivity index (χ1n) is 7.03. The zero-order valence-electron chi connectivity index (χ0n) is 12.0. The lowest BCUT2D eigenvalue weighted by atomic mass is 10.1. The molecule has 0 saturated heterocycles. The minimum atomic E-state index is -0.317. The third kappa shape index (κ3) is 4.18. The van der Waals surface area contributed by atoms with Gasteiger partial charge in [-0.05, 0) is 31.2 Å². The molecule has 5 nitrogen and oxygen atoms in total. The molecule has 0 spiro atoms. The van der Waals surface area contributed by atoms with Gasteiger partial charge in [-0.2, -0.15) is 0 Å². The minimum absolute atomic E-state index is 0.156. The second-order valence-corrected chi connectivity index (χ2v) is 4.57. The number of esters is 1. The van der Waals surface area contributed by atoms with Gasteiger partial charge in [-0.15, -0.1) is 0 Å². The predicted molar refractivity (Wildman–Crippen MR) is 77.7 cm³/mol. The van der Waals surface area contributed by atoms with Crippen LogP contribution < -0.4 is 5.32 Å². The number of nitrogens with two attached hydrogens (primary N) is 1. The number of aliphatic hydroxyl groups excluding tert-OH is 1. The van der Waals surface area contributed by atoms with E-state index in [0.717, 1.165) is 17.1 Å². The number of carbonyl (C=O) groups excluding carboxylic acids is 1. The van der Waals surface area contributed by atoms with Crippen LogP contribution in [0, 0.1) is 0 Å². The van der Waals surface area contributed by atoms with Gasteiger partial charge in [0.15, 0.2) is 5.76 Å². The highest BCUT2D eigenvalue weighted by atomic mass is 16.5. The maximum Gasteiger partial charge on any atom is 0.338 e. The number of hydrogen-bond donors (Lipinski definition) is 2. The number of hydrogen-bond acceptors (Lipinski definition) is 4. The Balaban J connectivity index is 2.03. The molecule has 1 aromatic heterocycles. The van der Waals surface area contributed by atoms with Crippen molar-refractivity contribution in [3.05, 3.63) is 47.7 Å². The van der Waals surface area contributed by atoms with Crippen molar-refractivity contribution in [1.82, 2.24) is 0 Å². The highest BCUT2D eigenvalue weighted by Crippen LogP contribution is 2.22. The fourth-order valence-corrected chi connectivity index (χ4v) is 1.96. The molecule has 3 N–H and O–H groups in total. The number of quaternary nitrogens is 1. The lowest BCUT2D eigenvalue weighted by Crippen LogP contribution is -2.83. The van der Waals surface area contributed by atoms with Gasteiger partial charge in [0, 0.05) is 5.56 Å². The number of carbonyl (C=O) groups is 1. The molecule has 0 aliphatic rings. The summed E-state index contributed by atoms with van der Waals surface area (Å²) < 4.78 is 10.7. The molecule has 5 heteroatoms. The van der Waals surface area contributed by atoms with E-state index in [1.165, 1.54) is 0 Å². The minimum Gasteiger partial charge on any atom is -0.462 e. The van der Waals surface area contributed by atoms with Crippen LogP contribution in [-0.4, -0.2) is 30.8 Å². The average Bonchev–Trinajstić information content (AvgIpc) is 2.97. The maximum atomic E-state index is 11.6. The van der Waals surface area contributed by atoms with Crippen LogP contribution in [0.3, 0.4) is 0 Å². The zero-order valence-corrected chi connectivity index (χ0v) is 12.0. The van der Waals surface area contributed by atoms with E-state index < -0.39 is 0 Å². The highest BCUT2D eigenvalue weighted by molar-refractivity contribution is 5.89. The molecule has 0 unspecified atom stereocenters. The van der Waals surface area contributed by atoms with Gasteiger partial charge in [-0.1, -0.05) is 12.1 Å². The molecule has 0 aliphatic heterocycles. The third-order valence-electron chi connectivity index (χ3n) is 3.02. The molecule has 1 heterocycles. The van der Waals surface area contributed by atoms with E-state index in [9.17, 15) is 4.79 Å². The molecule has 0 amide bonds. The summed E-state index contributed by atoms with van der Waals surface area (Å²) in [5, 5.41) is 10.7. The summed E-state index contributed by atoms with van der Waals surface area (Å²) in [5.74, 6) is 1.30. The van der Waals surface area contributed by atoms with Crippen molar-refractivity contribution in [2.45, 2.75) is 13.5 Å². The first kappa shape index (κ1) is 15.3. The first-order chi connectivity index (χ1) is 10.2. The van der Waals surface area contributed by atoms with Crippen molar-refractivity contribution in [2.24, 2.45) is 0 Å². The SMILES string of the molecule is CCOC(=O)c1ccc(-c2ccc(C[NH2+]CCO)o2)cc1. The molecule has 0 radical (unpaired) electrons. The fraction of sp³-hybridized carbons (Fsp3) is 0.312. The molecule has 0 saturated carbocycles. The van der Waals surface area contributed by atoms with Crippen LogP contribution in [0.25, 0.3) is 11.3 Å². The largest absolute Gasteiger partial charge is 0.462 e. The Morgan fingerprint density at radius 1 is 1.24 bits per heavy atom. The second-order valence-electron chi connectivity index (χ2n) is 4.57. The first-order valence-corrected chi connectivity index (χ1v) is 7.03. The van der Waals surface area contributed by atoms with Gasteiger partial charge in [0.25, 0.3) is 0 Å². The lowest BCUT2D eigenvalue weighted by molar-refractivity contribution is -0.673. The quantitative estimate of drug-likeness (QED) is 0.593. The number of furan rings is 1. The molecule has 1 aromatic carbocycles. The molecule has 0 bridgehead atoms. The van der Waals surface area contributed by atoms with Crippen molar-refractivity contribution in [3.8, 4) is 11.3 Å². The molecular weight excluding hydrogens is 270 g/mol. The molecule has 21 heavy (non-hydrogen) atoms. The topological polar surface area (TPSA) is 76.3 Å². The smallest absolute Gasteiger partial charge is 0.338 e. The molecule has 112 valence electrons. The van der Waals surface area contributed by atoms with E-state index in [-0.39, 0.29) is 12.6 Å². The van der Waals surface area contributed by atoms with Gasteiger partial charge >= 0.3 is 5.97 Å². The Morgan fingerprint density at radius 2 is 2.00 bits per heavy atom. The number of rotatable bonds is 7. The Morgan fingerprint density at radius 3 is 2.67 bits per heavy atom. The van der Waals surface area contributed by atoms with Gasteiger partial charge in [-0.3, -0.25) is 0 Å². The van der Waals surface area contributed by atoms with Crippen LogP contribution in [0.15, 0.2) is 40.8 Å². The monoisotopic (exact) mass is 290 g/mol. The normalized spacial score (nSPS) is 10.6. The van der Waals surface area contributed by atoms with E-state index in [1.54, 1.807) is 19.1 Å². The number of aliphatic hydroxyl groups is 1. The summed E-state index contributed by atoms with van der Waals surface area (Å²) in [6.45, 7) is 3.66. The maximum absolute atomic E-state index is 11.6. The lowest BCUT2D eigenvalue weighted by Gasteiger charge is -2.02. The van der Waals surface area contributed by atoms with Gasteiger partial charge in [0.2, 0.25) is 0 Å². The van der Waals surface area contributed by atoms with E-state index in [2.05, 4.69) is 0 Å². The van der Waals surface area contributed by atoms with Crippen LogP contribution in [-0.2, 0) is 11.3 Å². The van der Waals surface area contributed by atoms with E-state index >= 15 is 0 Å². The summed E-state index contributed by atoms with van der Waals surface area (Å²) >= 11 is 0. The Hall–Kier alpha value is -2.11. The van der Waals surface area contributed by atoms with Gasteiger partial charge in [-0.25, -0.2) is 4.79 Å². The molecule has 2 rings (SSSR count). The van der Waals surface area contributed by atoms with E-state index in [1.807, 2.05) is 29.6 Å². The Bertz CT molecular complexity index is 574. The summed E-state index contributed by atoms with van der Waals surface area (Å²) in [6.07, 6.45) is 0. The van der Waals surface area contributed by atoms with Crippen LogP contribution in [0.4, 0.5) is 0 Å². The third-order valence-corrected chi connectivity index (χ3v) is 3.02. The summed E-state index contributed by atoms with van der Waals surface area (Å²) in [5.41, 5.74) is 1.44. The summed E-state index contributed by atoms with van der Waals surface area (Å²) in [6, 6.07) is 11.0. The predicted octanol–water partition coefficient (Wildman–Crippen LogP) is 1.18. The van der Waals surface area contributed by atoms with Crippen molar-refractivity contribution < 1.29 is 24.4 Å². The highest BCUT2D eigenvalue weighted by Gasteiger charge is 2.09. The number of benzene rings is 1. The summed E-state index contributed by atoms with van der Waals surface area (Å²) in [7, 11) is 0. The van der Waals surface area contributed by atoms with Crippen LogP contribution in [0.1, 0.15) is 23.0 Å². The van der Waals surface area contributed by atoms with Gasteiger partial charge in [0.1, 0.15) is 12.3 Å².